The molecule has 0 unspecified atom stereocenters. The molecule has 18 heavy (non-hydrogen) atoms. The molecule has 0 amide bonds. The molecule has 0 bridgehead atoms. The van der Waals surface area contributed by atoms with Gasteiger partial charge in [-0.15, -0.1) is 0 Å². The van der Waals surface area contributed by atoms with Gasteiger partial charge in [-0.2, -0.15) is 0 Å². The molecule has 0 saturated carbocycles. The van der Waals surface area contributed by atoms with E-state index in [1.165, 1.54) is 5.56 Å². The van der Waals surface area contributed by atoms with E-state index in [2.05, 4.69) is 57.9 Å². The van der Waals surface area contributed by atoms with Crippen molar-refractivity contribution in [2.45, 2.75) is 26.4 Å². The molecule has 2 aromatic rings. The van der Waals surface area contributed by atoms with Crippen molar-refractivity contribution in [1.82, 2.24) is 4.57 Å². The van der Waals surface area contributed by atoms with Crippen LogP contribution in [0.5, 0.6) is 0 Å². The van der Waals surface area contributed by atoms with Gasteiger partial charge in [-0.05, 0) is 58.8 Å². The number of nitrogens with zero attached hydrogens (tertiary/aromatic N) is 1. The molecule has 0 atom stereocenters. The molecule has 0 aliphatic rings. The second-order valence-electron chi connectivity index (χ2n) is 4.24. The quantitative estimate of drug-likeness (QED) is 0.746. The van der Waals surface area contributed by atoms with Crippen LogP contribution in [0.3, 0.4) is 0 Å². The Morgan fingerprint density at radius 1 is 1.33 bits per heavy atom. The number of hydrogen-bond donors (Lipinski definition) is 1. The molecule has 1 aromatic carbocycles. The molecule has 0 fully saturated rings. The summed E-state index contributed by atoms with van der Waals surface area (Å²) in [7, 11) is 0. The highest BCUT2D eigenvalue weighted by Gasteiger charge is 2.01. The van der Waals surface area contributed by atoms with Crippen LogP contribution in [0.2, 0.25) is 5.02 Å². The lowest BCUT2D eigenvalue weighted by atomic mass is 10.3. The number of hydrogen-bond acceptors (Lipinski definition) is 1. The minimum atomic E-state index is 0.777. The maximum Gasteiger partial charge on any atom is 0.0479 e. The van der Waals surface area contributed by atoms with Gasteiger partial charge in [-0.1, -0.05) is 18.5 Å². The van der Waals surface area contributed by atoms with Gasteiger partial charge in [0.05, 0.1) is 0 Å². The van der Waals surface area contributed by atoms with E-state index in [0.717, 1.165) is 33.8 Å². The Balaban J connectivity index is 1.97. The molecule has 1 N–H and O–H groups in total. The fraction of sp³-hybridized carbons (Fsp3) is 0.286. The maximum absolute atomic E-state index is 5.94. The second-order valence-corrected chi connectivity index (χ2v) is 5.83. The van der Waals surface area contributed by atoms with Crippen LogP contribution in [-0.4, -0.2) is 4.57 Å². The summed E-state index contributed by atoms with van der Waals surface area (Å²) in [5, 5.41) is 4.21. The minimum Gasteiger partial charge on any atom is -0.380 e. The first-order valence-electron chi connectivity index (χ1n) is 6.02. The van der Waals surface area contributed by atoms with Crippen LogP contribution in [-0.2, 0) is 13.1 Å². The van der Waals surface area contributed by atoms with Gasteiger partial charge in [0.25, 0.3) is 0 Å². The molecule has 2 rings (SSSR count). The Kier molecular flexibility index (Phi) is 4.95. The summed E-state index contributed by atoms with van der Waals surface area (Å²) in [6.45, 7) is 4.11. The highest BCUT2D eigenvalue weighted by atomic mass is 127. The first kappa shape index (κ1) is 13.7. The third-order valence-electron chi connectivity index (χ3n) is 2.71. The van der Waals surface area contributed by atoms with E-state index in [9.17, 15) is 0 Å². The average Bonchev–Trinajstić information content (AvgIpc) is 2.76. The standard InChI is InChI=1S/C14H16ClIN2/c1-2-6-18-7-5-11(10-18)9-17-14-4-3-12(15)8-13(14)16/h3-5,7-8,10,17H,2,6,9H2,1H3. The molecule has 1 aromatic heterocycles. The minimum absolute atomic E-state index is 0.777. The molecule has 1 heterocycles. The van der Waals surface area contributed by atoms with Gasteiger partial charge in [-0.3, -0.25) is 0 Å². The van der Waals surface area contributed by atoms with Gasteiger partial charge in [0.1, 0.15) is 0 Å². The third-order valence-corrected chi connectivity index (χ3v) is 3.84. The molecule has 0 spiro atoms. The highest BCUT2D eigenvalue weighted by molar-refractivity contribution is 14.1. The van der Waals surface area contributed by atoms with Crippen LogP contribution in [0.4, 0.5) is 5.69 Å². The monoisotopic (exact) mass is 374 g/mol. The lowest BCUT2D eigenvalue weighted by molar-refractivity contribution is 0.681. The summed E-state index contributed by atoms with van der Waals surface area (Å²) in [4.78, 5) is 0. The van der Waals surface area contributed by atoms with E-state index in [4.69, 9.17) is 11.6 Å². The molecular weight excluding hydrogens is 359 g/mol. The third kappa shape index (κ3) is 3.65. The summed E-state index contributed by atoms with van der Waals surface area (Å²) < 4.78 is 3.37. The topological polar surface area (TPSA) is 17.0 Å². The van der Waals surface area contributed by atoms with Crippen LogP contribution in [0.25, 0.3) is 0 Å². The van der Waals surface area contributed by atoms with E-state index in [-0.39, 0.29) is 0 Å². The highest BCUT2D eigenvalue weighted by Crippen LogP contribution is 2.22. The van der Waals surface area contributed by atoms with E-state index < -0.39 is 0 Å². The van der Waals surface area contributed by atoms with Gasteiger partial charge in [0, 0.05) is 39.8 Å². The van der Waals surface area contributed by atoms with Crippen molar-refractivity contribution in [3.05, 3.63) is 50.8 Å². The van der Waals surface area contributed by atoms with Crippen molar-refractivity contribution in [3.8, 4) is 0 Å². The molecule has 0 aliphatic carbocycles. The molecule has 0 saturated heterocycles. The van der Waals surface area contributed by atoms with Crippen molar-refractivity contribution in [2.24, 2.45) is 0 Å². The first-order valence-corrected chi connectivity index (χ1v) is 7.48. The number of halogens is 2. The number of aryl methyl sites for hydroxylation is 1. The summed E-state index contributed by atoms with van der Waals surface area (Å²) in [6, 6.07) is 8.06. The number of anilines is 1. The van der Waals surface area contributed by atoms with Crippen molar-refractivity contribution < 1.29 is 0 Å². The fourth-order valence-electron chi connectivity index (χ4n) is 1.82. The van der Waals surface area contributed by atoms with E-state index in [0.29, 0.717) is 0 Å². The Morgan fingerprint density at radius 2 is 2.17 bits per heavy atom. The van der Waals surface area contributed by atoms with Crippen molar-refractivity contribution in [2.75, 3.05) is 5.32 Å². The predicted octanol–water partition coefficient (Wildman–Crippen LogP) is 4.77. The molecule has 0 radical (unpaired) electrons. The largest absolute Gasteiger partial charge is 0.380 e. The van der Waals surface area contributed by atoms with Crippen LogP contribution in [0.15, 0.2) is 36.7 Å². The molecule has 2 nitrogen and oxygen atoms in total. The zero-order chi connectivity index (χ0) is 13.0. The molecule has 4 heteroatoms. The van der Waals surface area contributed by atoms with Gasteiger partial charge in [0.15, 0.2) is 0 Å². The first-order chi connectivity index (χ1) is 8.69. The van der Waals surface area contributed by atoms with Gasteiger partial charge in [0.2, 0.25) is 0 Å². The Bertz CT molecular complexity index is 522. The van der Waals surface area contributed by atoms with Crippen molar-refractivity contribution in [3.63, 3.8) is 0 Å². The average molecular weight is 375 g/mol. The van der Waals surface area contributed by atoms with E-state index in [1.54, 1.807) is 0 Å². The summed E-state index contributed by atoms with van der Waals surface area (Å²) in [5.74, 6) is 0. The summed E-state index contributed by atoms with van der Waals surface area (Å²) in [6.07, 6.45) is 5.49. The number of benzene rings is 1. The smallest absolute Gasteiger partial charge is 0.0479 e. The predicted molar refractivity (Wildman–Crippen MR) is 86.2 cm³/mol. The van der Waals surface area contributed by atoms with Crippen LogP contribution in [0.1, 0.15) is 18.9 Å². The van der Waals surface area contributed by atoms with E-state index >= 15 is 0 Å². The van der Waals surface area contributed by atoms with E-state index in [1.807, 2.05) is 18.2 Å². The summed E-state index contributed by atoms with van der Waals surface area (Å²) in [5.41, 5.74) is 2.43. The van der Waals surface area contributed by atoms with Crippen LogP contribution >= 0.6 is 34.2 Å². The zero-order valence-electron chi connectivity index (χ0n) is 10.3. The fourth-order valence-corrected chi connectivity index (χ4v) is 2.88. The number of nitrogens with one attached hydrogen (secondary N) is 1. The Labute approximate surface area is 126 Å². The number of rotatable bonds is 5. The normalized spacial score (nSPS) is 10.6. The Hall–Kier alpha value is -0.680. The maximum atomic E-state index is 5.94. The van der Waals surface area contributed by atoms with Gasteiger partial charge in [-0.25, -0.2) is 0 Å². The molecular formula is C14H16ClIN2. The van der Waals surface area contributed by atoms with Crippen LogP contribution < -0.4 is 5.32 Å². The lowest BCUT2D eigenvalue weighted by Crippen LogP contribution is -2.00. The summed E-state index contributed by atoms with van der Waals surface area (Å²) >= 11 is 8.23. The SMILES string of the molecule is CCCn1ccc(CNc2ccc(Cl)cc2I)c1. The Morgan fingerprint density at radius 3 is 2.89 bits per heavy atom. The number of aromatic nitrogens is 1. The van der Waals surface area contributed by atoms with Crippen LogP contribution in [0, 0.1) is 3.57 Å². The van der Waals surface area contributed by atoms with Crippen molar-refractivity contribution in [1.29, 1.82) is 0 Å². The zero-order valence-corrected chi connectivity index (χ0v) is 13.2. The molecule has 96 valence electrons. The lowest BCUT2D eigenvalue weighted by Gasteiger charge is -2.07. The van der Waals surface area contributed by atoms with Gasteiger partial charge >= 0.3 is 0 Å². The second kappa shape index (κ2) is 6.48. The van der Waals surface area contributed by atoms with Crippen molar-refractivity contribution >= 4 is 39.9 Å². The van der Waals surface area contributed by atoms with Gasteiger partial charge < -0.3 is 9.88 Å². The molecule has 0 aliphatic heterocycles.